The summed E-state index contributed by atoms with van der Waals surface area (Å²) in [6.07, 6.45) is 14.2. The molecule has 0 radical (unpaired) electrons. The van der Waals surface area contributed by atoms with Crippen LogP contribution in [0.3, 0.4) is 0 Å². The monoisotopic (exact) mass is 400 g/mol. The number of hydrogen-bond donors (Lipinski definition) is 1. The number of ether oxygens (including phenoxy) is 1. The lowest BCUT2D eigenvalue weighted by Gasteiger charge is -2.24. The van der Waals surface area contributed by atoms with E-state index >= 15 is 0 Å². The highest BCUT2D eigenvalue weighted by molar-refractivity contribution is 5.79. The molecule has 0 aliphatic carbocycles. The Morgan fingerprint density at radius 1 is 1.38 bits per heavy atom. The van der Waals surface area contributed by atoms with Gasteiger partial charge in [0.2, 0.25) is 5.91 Å². The standard InChI is InChI=1S/C23H32N2O4/c1-4-6-8-9-16-28-21-14-13-19(11-7-5-2)20(17-21)18-29-25(3)22(23(24)27)12-10-15-26/h1,7,11,13-15,17,22H,5-6,8-10,12,16,18H2,2-3H3,(H2,24,27)/b11-7+. The number of carbonyl (C=O) groups is 2. The van der Waals surface area contributed by atoms with Gasteiger partial charge < -0.3 is 15.3 Å². The largest absolute Gasteiger partial charge is 0.494 e. The fourth-order valence-corrected chi connectivity index (χ4v) is 2.71. The van der Waals surface area contributed by atoms with Crippen molar-refractivity contribution < 1.29 is 19.2 Å². The summed E-state index contributed by atoms with van der Waals surface area (Å²) in [6.45, 7) is 2.92. The summed E-state index contributed by atoms with van der Waals surface area (Å²) in [5.74, 6) is 2.86. The van der Waals surface area contributed by atoms with Crippen LogP contribution in [0, 0.1) is 12.3 Å². The van der Waals surface area contributed by atoms with Crippen molar-refractivity contribution in [1.82, 2.24) is 5.06 Å². The number of carbonyl (C=O) groups excluding carboxylic acids is 2. The molecule has 158 valence electrons. The molecule has 0 fully saturated rings. The molecule has 1 aromatic rings. The lowest BCUT2D eigenvalue weighted by molar-refractivity contribution is -0.183. The number of amides is 1. The normalized spacial score (nSPS) is 12.1. The minimum Gasteiger partial charge on any atom is -0.494 e. The number of rotatable bonds is 15. The van der Waals surface area contributed by atoms with Crippen molar-refractivity contribution in [3.05, 3.63) is 35.4 Å². The Bertz CT molecular complexity index is 709. The van der Waals surface area contributed by atoms with Gasteiger partial charge in [-0.3, -0.25) is 9.63 Å². The van der Waals surface area contributed by atoms with Crippen LogP contribution in [0.4, 0.5) is 0 Å². The number of benzene rings is 1. The molecule has 1 aromatic carbocycles. The zero-order valence-corrected chi connectivity index (χ0v) is 17.4. The molecule has 0 aliphatic heterocycles. The number of terminal acetylenes is 1. The van der Waals surface area contributed by atoms with Gasteiger partial charge in [0.05, 0.1) is 13.2 Å². The second-order valence-corrected chi connectivity index (χ2v) is 6.66. The van der Waals surface area contributed by atoms with Crippen molar-refractivity contribution >= 4 is 18.3 Å². The van der Waals surface area contributed by atoms with E-state index in [0.29, 0.717) is 13.0 Å². The van der Waals surface area contributed by atoms with Gasteiger partial charge in [-0.25, -0.2) is 0 Å². The molecule has 1 atom stereocenters. The number of primary amides is 1. The summed E-state index contributed by atoms with van der Waals surface area (Å²) >= 11 is 0. The van der Waals surface area contributed by atoms with Crippen molar-refractivity contribution in [2.75, 3.05) is 13.7 Å². The second kappa shape index (κ2) is 14.4. The average molecular weight is 401 g/mol. The first-order valence-corrected chi connectivity index (χ1v) is 9.97. The molecule has 1 amide bonds. The lowest BCUT2D eigenvalue weighted by atomic mass is 10.1. The molecule has 2 N–H and O–H groups in total. The van der Waals surface area contributed by atoms with E-state index in [1.165, 1.54) is 5.06 Å². The summed E-state index contributed by atoms with van der Waals surface area (Å²) < 4.78 is 5.82. The molecule has 6 nitrogen and oxygen atoms in total. The summed E-state index contributed by atoms with van der Waals surface area (Å²) in [6, 6.07) is 5.19. The predicted octanol–water partition coefficient (Wildman–Crippen LogP) is 3.49. The molecule has 6 heteroatoms. The molecule has 29 heavy (non-hydrogen) atoms. The van der Waals surface area contributed by atoms with Crippen LogP contribution in [-0.4, -0.2) is 37.0 Å². The van der Waals surface area contributed by atoms with Gasteiger partial charge in [-0.05, 0) is 48.9 Å². The van der Waals surface area contributed by atoms with E-state index in [2.05, 4.69) is 18.9 Å². The van der Waals surface area contributed by atoms with E-state index in [1.54, 1.807) is 7.05 Å². The zero-order valence-electron chi connectivity index (χ0n) is 17.4. The number of hydroxylamine groups is 2. The van der Waals surface area contributed by atoms with E-state index in [0.717, 1.165) is 48.8 Å². The smallest absolute Gasteiger partial charge is 0.237 e. The Labute approximate surface area is 174 Å². The highest BCUT2D eigenvalue weighted by atomic mass is 16.7. The van der Waals surface area contributed by atoms with Gasteiger partial charge in [0.15, 0.2) is 0 Å². The van der Waals surface area contributed by atoms with Gasteiger partial charge in [-0.1, -0.05) is 25.1 Å². The Hall–Kier alpha value is -2.62. The number of nitrogens with zero attached hydrogens (tertiary/aromatic N) is 1. The Morgan fingerprint density at radius 2 is 2.17 bits per heavy atom. The summed E-state index contributed by atoms with van der Waals surface area (Å²) in [4.78, 5) is 28.1. The molecule has 0 saturated carbocycles. The van der Waals surface area contributed by atoms with Gasteiger partial charge in [0.25, 0.3) is 0 Å². The Morgan fingerprint density at radius 3 is 2.83 bits per heavy atom. The Kier molecular flexibility index (Phi) is 12.1. The van der Waals surface area contributed by atoms with Crippen LogP contribution in [0.2, 0.25) is 0 Å². The van der Waals surface area contributed by atoms with Gasteiger partial charge in [-0.2, -0.15) is 5.06 Å². The van der Waals surface area contributed by atoms with Crippen LogP contribution < -0.4 is 10.5 Å². The fraction of sp³-hybridized carbons (Fsp3) is 0.478. The third-order valence-corrected chi connectivity index (χ3v) is 4.38. The third-order valence-electron chi connectivity index (χ3n) is 4.38. The fourth-order valence-electron chi connectivity index (χ4n) is 2.71. The van der Waals surface area contributed by atoms with Crippen LogP contribution in [0.1, 0.15) is 56.6 Å². The molecule has 0 saturated heterocycles. The van der Waals surface area contributed by atoms with Crippen LogP contribution in [0.15, 0.2) is 24.3 Å². The maximum absolute atomic E-state index is 11.7. The molecule has 0 aromatic heterocycles. The van der Waals surface area contributed by atoms with Crippen molar-refractivity contribution in [3.63, 3.8) is 0 Å². The molecular formula is C23H32N2O4. The summed E-state index contributed by atoms with van der Waals surface area (Å²) in [7, 11) is 1.65. The topological polar surface area (TPSA) is 81.9 Å². The quantitative estimate of drug-likeness (QED) is 0.211. The highest BCUT2D eigenvalue weighted by Crippen LogP contribution is 2.22. The number of unbranched alkanes of at least 4 members (excludes halogenated alkanes) is 2. The molecule has 0 aliphatic rings. The summed E-state index contributed by atoms with van der Waals surface area (Å²) in [5, 5.41) is 1.42. The number of aldehydes is 1. The second-order valence-electron chi connectivity index (χ2n) is 6.66. The zero-order chi connectivity index (χ0) is 21.5. The SMILES string of the molecule is C#CCCCCOc1ccc(/C=C/CC)c(CON(C)C(CCC=O)C(N)=O)c1. The summed E-state index contributed by atoms with van der Waals surface area (Å²) in [5.41, 5.74) is 7.39. The van der Waals surface area contributed by atoms with E-state index in [9.17, 15) is 9.59 Å². The molecule has 0 heterocycles. The minimum atomic E-state index is -0.662. The first-order chi connectivity index (χ1) is 14.0. The molecule has 0 spiro atoms. The van der Waals surface area contributed by atoms with Crippen molar-refractivity contribution in [1.29, 1.82) is 0 Å². The van der Waals surface area contributed by atoms with Crippen LogP contribution in [0.5, 0.6) is 5.75 Å². The number of allylic oxidation sites excluding steroid dienone is 1. The van der Waals surface area contributed by atoms with Crippen molar-refractivity contribution in [2.24, 2.45) is 5.73 Å². The van der Waals surface area contributed by atoms with E-state index in [4.69, 9.17) is 21.7 Å². The highest BCUT2D eigenvalue weighted by Gasteiger charge is 2.21. The van der Waals surface area contributed by atoms with Crippen LogP contribution in [0.25, 0.3) is 6.08 Å². The van der Waals surface area contributed by atoms with Crippen molar-refractivity contribution in [3.8, 4) is 18.1 Å². The van der Waals surface area contributed by atoms with Crippen molar-refractivity contribution in [2.45, 2.75) is 58.1 Å². The van der Waals surface area contributed by atoms with E-state index in [1.807, 2.05) is 24.3 Å². The van der Waals surface area contributed by atoms with Gasteiger partial charge in [-0.15, -0.1) is 12.3 Å². The predicted molar refractivity (Wildman–Crippen MR) is 115 cm³/mol. The van der Waals surface area contributed by atoms with E-state index in [-0.39, 0.29) is 13.0 Å². The first-order valence-electron chi connectivity index (χ1n) is 9.97. The van der Waals surface area contributed by atoms with Gasteiger partial charge in [0.1, 0.15) is 18.1 Å². The van der Waals surface area contributed by atoms with Crippen LogP contribution >= 0.6 is 0 Å². The number of nitrogens with two attached hydrogens (primary N) is 1. The molecule has 1 unspecified atom stereocenters. The Balaban J connectivity index is 2.82. The van der Waals surface area contributed by atoms with Crippen LogP contribution in [-0.2, 0) is 21.0 Å². The number of hydrogen-bond acceptors (Lipinski definition) is 5. The number of likely N-dealkylation sites (N-methyl/N-ethyl adjacent to an activating group) is 1. The maximum atomic E-state index is 11.7. The molecule has 0 bridgehead atoms. The van der Waals surface area contributed by atoms with E-state index < -0.39 is 11.9 Å². The molecular weight excluding hydrogens is 368 g/mol. The first kappa shape index (κ1) is 24.4. The molecule has 1 rings (SSSR count). The van der Waals surface area contributed by atoms with Gasteiger partial charge >= 0.3 is 0 Å². The lowest BCUT2D eigenvalue weighted by Crippen LogP contribution is -2.42. The average Bonchev–Trinajstić information content (AvgIpc) is 2.71. The maximum Gasteiger partial charge on any atom is 0.237 e. The minimum absolute atomic E-state index is 0.245. The third kappa shape index (κ3) is 9.42. The van der Waals surface area contributed by atoms with Gasteiger partial charge in [0, 0.05) is 19.9 Å².